The molecule has 4 nitrogen and oxygen atoms in total. The fourth-order valence-electron chi connectivity index (χ4n) is 0. The van der Waals surface area contributed by atoms with E-state index in [0.717, 1.165) is 8.05 Å². The van der Waals surface area contributed by atoms with Gasteiger partial charge in [0.1, 0.15) is 0 Å². The molecule has 0 rings (SSSR count). The second-order valence-electron chi connectivity index (χ2n) is 0.673. The van der Waals surface area contributed by atoms with Crippen LogP contribution in [0.25, 0.3) is 0 Å². The number of rotatable bonds is 1. The van der Waals surface area contributed by atoms with Gasteiger partial charge < -0.3 is 14.2 Å². The maximum absolute atomic E-state index is 9.47. The number of phosphoric acid groups is 1. The zero-order valence-electron chi connectivity index (χ0n) is 3.16. The van der Waals surface area contributed by atoms with E-state index in [2.05, 4.69) is 4.44 Å². The molecular formula is H5BNaO4P. The molecule has 0 saturated carbocycles. The molecule has 0 atom stereocenters. The Kier molecular flexibility index (Phi) is 6.45. The topological polar surface area (TPSA) is 66.8 Å². The molecule has 7 heteroatoms. The van der Waals surface area contributed by atoms with Crippen LogP contribution in [-0.4, -0.2) is 47.4 Å². The van der Waals surface area contributed by atoms with Gasteiger partial charge in [0.2, 0.25) is 0 Å². The molecule has 0 unspecified atom stereocenters. The number of hydrogen-bond donors (Lipinski definition) is 2. The van der Waals surface area contributed by atoms with Crippen molar-refractivity contribution in [2.75, 3.05) is 0 Å². The van der Waals surface area contributed by atoms with E-state index in [0.29, 0.717) is 0 Å². The van der Waals surface area contributed by atoms with E-state index >= 15 is 0 Å². The van der Waals surface area contributed by atoms with Gasteiger partial charge in [-0.2, -0.15) is 0 Å². The molecule has 0 saturated heterocycles. The molecule has 0 aliphatic carbocycles. The van der Waals surface area contributed by atoms with Gasteiger partial charge in [0, 0.05) is 0 Å². The van der Waals surface area contributed by atoms with Gasteiger partial charge in [0.05, 0.1) is 0 Å². The predicted octanol–water partition coefficient (Wildman–Crippen LogP) is -2.00. The van der Waals surface area contributed by atoms with Crippen molar-refractivity contribution in [2.24, 2.45) is 0 Å². The fraction of sp³-hybridized carbons (Fsp3) is 0. The first-order valence-corrected chi connectivity index (χ1v) is 2.70. The molecule has 0 bridgehead atoms. The summed E-state index contributed by atoms with van der Waals surface area (Å²) in [4.78, 5) is 15.4. The minimum absolute atomic E-state index is 0. The SMILES string of the molecule is BOP(=O)(O)O.[NaH]. The maximum atomic E-state index is 9.47. The Morgan fingerprint density at radius 3 is 1.71 bits per heavy atom. The predicted molar refractivity (Wildman–Crippen MR) is 28.8 cm³/mol. The van der Waals surface area contributed by atoms with Crippen molar-refractivity contribution < 1.29 is 18.8 Å². The fourth-order valence-corrected chi connectivity index (χ4v) is 0. The van der Waals surface area contributed by atoms with Gasteiger partial charge in [-0.15, -0.1) is 0 Å². The molecule has 2 N–H and O–H groups in total. The van der Waals surface area contributed by atoms with E-state index in [9.17, 15) is 4.57 Å². The van der Waals surface area contributed by atoms with E-state index in [4.69, 9.17) is 9.79 Å². The molecule has 0 aliphatic rings. The van der Waals surface area contributed by atoms with Crippen molar-refractivity contribution in [3.05, 3.63) is 0 Å². The Morgan fingerprint density at radius 2 is 1.71 bits per heavy atom. The normalized spacial score (nSPS) is 10.0. The van der Waals surface area contributed by atoms with Crippen molar-refractivity contribution in [1.29, 1.82) is 0 Å². The van der Waals surface area contributed by atoms with Gasteiger partial charge in [-0.3, -0.25) is 0 Å². The average molecular weight is 134 g/mol. The molecule has 0 aliphatic heterocycles. The third-order valence-corrected chi connectivity index (χ3v) is 0.714. The Labute approximate surface area is 64.2 Å². The van der Waals surface area contributed by atoms with Gasteiger partial charge in [-0.1, -0.05) is 0 Å². The van der Waals surface area contributed by atoms with Crippen molar-refractivity contribution in [2.45, 2.75) is 0 Å². The summed E-state index contributed by atoms with van der Waals surface area (Å²) in [6.45, 7) is 0. The van der Waals surface area contributed by atoms with Gasteiger partial charge in [-0.05, 0) is 0 Å². The van der Waals surface area contributed by atoms with Crippen LogP contribution in [0.5, 0.6) is 0 Å². The second-order valence-corrected chi connectivity index (χ2v) is 2.02. The van der Waals surface area contributed by atoms with Crippen molar-refractivity contribution in [1.82, 2.24) is 0 Å². The van der Waals surface area contributed by atoms with Gasteiger partial charge in [-0.25, -0.2) is 4.57 Å². The summed E-state index contributed by atoms with van der Waals surface area (Å²) >= 11 is 0. The summed E-state index contributed by atoms with van der Waals surface area (Å²) in [6, 6.07) is 0. The summed E-state index contributed by atoms with van der Waals surface area (Å²) < 4.78 is 13.1. The molecule has 38 valence electrons. The van der Waals surface area contributed by atoms with E-state index < -0.39 is 7.82 Å². The Bertz CT molecular complexity index is 75.8. The van der Waals surface area contributed by atoms with Crippen LogP contribution in [0.15, 0.2) is 0 Å². The van der Waals surface area contributed by atoms with Crippen LogP contribution < -0.4 is 0 Å². The molecular weight excluding hydrogens is 129 g/mol. The quantitative estimate of drug-likeness (QED) is 0.321. The van der Waals surface area contributed by atoms with Crippen LogP contribution in [-0.2, 0) is 9.01 Å². The minimum atomic E-state index is -4.15. The molecule has 0 radical (unpaired) electrons. The summed E-state index contributed by atoms with van der Waals surface area (Å²) in [5.41, 5.74) is 0. The third kappa shape index (κ3) is 11.0. The summed E-state index contributed by atoms with van der Waals surface area (Å²) in [6.07, 6.45) is 0. The van der Waals surface area contributed by atoms with E-state index in [1.54, 1.807) is 0 Å². The Morgan fingerprint density at radius 1 is 1.57 bits per heavy atom. The third-order valence-electron chi connectivity index (χ3n) is 0.238. The molecule has 0 heterocycles. The monoisotopic (exact) mass is 134 g/mol. The Hall–Kier alpha value is 1.17. The zero-order chi connectivity index (χ0) is 5.21. The molecule has 0 aromatic rings. The van der Waals surface area contributed by atoms with E-state index in [1.165, 1.54) is 0 Å². The van der Waals surface area contributed by atoms with Gasteiger partial charge in [0.25, 0.3) is 8.05 Å². The van der Waals surface area contributed by atoms with Crippen LogP contribution in [0, 0.1) is 0 Å². The van der Waals surface area contributed by atoms with Crippen molar-refractivity contribution in [3.63, 3.8) is 0 Å². The number of hydrogen-bond acceptors (Lipinski definition) is 2. The molecule has 0 amide bonds. The molecule has 7 heavy (non-hydrogen) atoms. The molecule has 0 fully saturated rings. The molecule has 0 aromatic heterocycles. The average Bonchev–Trinajstić information content (AvgIpc) is 1.35. The standard InChI is InChI=1S/BH4O4P.Na.H/c1-5-6(2,3)4;;/h1H2,(H2,2,3,4);;. The first-order valence-electron chi connectivity index (χ1n) is 1.17. The summed E-state index contributed by atoms with van der Waals surface area (Å²) in [5, 5.41) is 0. The van der Waals surface area contributed by atoms with Crippen LogP contribution in [0.4, 0.5) is 0 Å². The summed E-state index contributed by atoms with van der Waals surface area (Å²) in [7, 11) is -3.20. The van der Waals surface area contributed by atoms with Gasteiger partial charge in [0.15, 0.2) is 0 Å². The first kappa shape index (κ1) is 11.0. The van der Waals surface area contributed by atoms with Crippen LogP contribution in [0.3, 0.4) is 0 Å². The van der Waals surface area contributed by atoms with Crippen LogP contribution in [0.2, 0.25) is 0 Å². The molecule has 0 aromatic carbocycles. The van der Waals surface area contributed by atoms with Crippen molar-refractivity contribution >= 4 is 45.4 Å². The van der Waals surface area contributed by atoms with Crippen LogP contribution >= 0.6 is 7.82 Å². The summed E-state index contributed by atoms with van der Waals surface area (Å²) in [5.74, 6) is 0. The van der Waals surface area contributed by atoms with Gasteiger partial charge >= 0.3 is 37.4 Å². The van der Waals surface area contributed by atoms with Crippen molar-refractivity contribution in [3.8, 4) is 0 Å². The van der Waals surface area contributed by atoms with E-state index in [1.807, 2.05) is 0 Å². The Balaban J connectivity index is 0. The van der Waals surface area contributed by atoms with Crippen LogP contribution in [0.1, 0.15) is 0 Å². The first-order chi connectivity index (χ1) is 2.56. The van der Waals surface area contributed by atoms with E-state index in [-0.39, 0.29) is 29.6 Å². The second kappa shape index (κ2) is 4.09. The zero-order valence-corrected chi connectivity index (χ0v) is 4.05. The molecule has 0 spiro atoms.